The van der Waals surface area contributed by atoms with Crippen LogP contribution in [0.15, 0.2) is 40.9 Å². The minimum absolute atomic E-state index is 0.445. The lowest BCUT2D eigenvalue weighted by Crippen LogP contribution is -1.96. The molecule has 0 atom stereocenters. The van der Waals surface area contributed by atoms with Crippen molar-refractivity contribution in [2.45, 2.75) is 0 Å². The van der Waals surface area contributed by atoms with Gasteiger partial charge in [-0.1, -0.05) is 53.5 Å². The first-order chi connectivity index (χ1) is 10.1. The van der Waals surface area contributed by atoms with Crippen LogP contribution in [0.25, 0.3) is 22.0 Å². The molecule has 0 saturated carbocycles. The molecule has 0 saturated heterocycles. The van der Waals surface area contributed by atoms with Crippen molar-refractivity contribution >= 4 is 73.1 Å². The summed E-state index contributed by atoms with van der Waals surface area (Å²) in [6.45, 7) is 0. The van der Waals surface area contributed by atoms with E-state index in [0.717, 1.165) is 24.2 Å². The van der Waals surface area contributed by atoms with Crippen LogP contribution in [0.2, 0.25) is 9.49 Å². The summed E-state index contributed by atoms with van der Waals surface area (Å²) in [5.74, 6) is 0.580. The molecule has 2 heterocycles. The Hall–Kier alpha value is -0.210. The van der Waals surface area contributed by atoms with Crippen molar-refractivity contribution in [3.8, 4) is 22.0 Å². The summed E-state index contributed by atoms with van der Waals surface area (Å²) in [5.41, 5.74) is 1.83. The maximum absolute atomic E-state index is 6.27. The number of nitrogens with zero attached hydrogens (tertiary/aromatic N) is 2. The van der Waals surface area contributed by atoms with Crippen LogP contribution in [-0.4, -0.2) is 9.97 Å². The zero-order chi connectivity index (χ0) is 15.0. The van der Waals surface area contributed by atoms with E-state index in [-0.39, 0.29) is 0 Å². The van der Waals surface area contributed by atoms with Crippen LogP contribution in [0.4, 0.5) is 0 Å². The Bertz CT molecular complexity index is 789. The number of hydrogen-bond donors (Lipinski definition) is 0. The fraction of sp³-hybridized carbons (Fsp3) is 0. The highest BCUT2D eigenvalue weighted by Crippen LogP contribution is 2.38. The first kappa shape index (κ1) is 15.7. The Balaban J connectivity index is 2.18. The highest BCUT2D eigenvalue weighted by molar-refractivity contribution is 14.1. The average Bonchev–Trinajstić information content (AvgIpc) is 2.82. The monoisotopic (exact) mass is 510 g/mol. The van der Waals surface area contributed by atoms with Crippen molar-refractivity contribution in [2.24, 2.45) is 0 Å². The minimum atomic E-state index is 0.445. The second-order valence-corrected chi connectivity index (χ2v) is 8.04. The van der Waals surface area contributed by atoms with E-state index in [1.54, 1.807) is 0 Å². The molecule has 21 heavy (non-hydrogen) atoms. The minimum Gasteiger partial charge on any atom is -0.226 e. The van der Waals surface area contributed by atoms with Gasteiger partial charge in [-0.2, -0.15) is 0 Å². The number of benzene rings is 1. The van der Waals surface area contributed by atoms with E-state index in [9.17, 15) is 0 Å². The Kier molecular flexibility index (Phi) is 4.85. The van der Waals surface area contributed by atoms with Crippen molar-refractivity contribution in [3.63, 3.8) is 0 Å². The van der Waals surface area contributed by atoms with Crippen LogP contribution in [0.5, 0.6) is 0 Å². The summed E-state index contributed by atoms with van der Waals surface area (Å²) in [7, 11) is 0. The van der Waals surface area contributed by atoms with E-state index in [2.05, 4.69) is 48.5 Å². The third-order valence-electron chi connectivity index (χ3n) is 2.72. The summed E-state index contributed by atoms with van der Waals surface area (Å²) in [5, 5.41) is 0.445. The summed E-state index contributed by atoms with van der Waals surface area (Å²) >= 11 is 19.3. The van der Waals surface area contributed by atoms with Crippen LogP contribution in [0, 0.1) is 3.57 Å². The molecule has 0 radical (unpaired) electrons. The molecule has 0 amide bonds. The molecule has 0 fully saturated rings. The van der Waals surface area contributed by atoms with Crippen molar-refractivity contribution in [2.75, 3.05) is 0 Å². The first-order valence-electron chi connectivity index (χ1n) is 5.80. The summed E-state index contributed by atoms with van der Waals surface area (Å²) in [6.07, 6.45) is 0. The Labute approximate surface area is 157 Å². The second-order valence-electron chi connectivity index (χ2n) is 4.10. The molecule has 2 aromatic heterocycles. The van der Waals surface area contributed by atoms with Gasteiger partial charge in [0.1, 0.15) is 9.49 Å². The van der Waals surface area contributed by atoms with Crippen molar-refractivity contribution in [1.29, 1.82) is 0 Å². The molecule has 1 aromatic carbocycles. The van der Waals surface area contributed by atoms with Crippen molar-refractivity contribution < 1.29 is 0 Å². The normalized spacial score (nSPS) is 10.9. The lowest BCUT2D eigenvalue weighted by Gasteiger charge is -2.07. The Morgan fingerprint density at radius 3 is 2.43 bits per heavy atom. The molecule has 7 heteroatoms. The number of halogens is 4. The molecule has 0 aliphatic carbocycles. The lowest BCUT2D eigenvalue weighted by molar-refractivity contribution is 1.17. The fourth-order valence-electron chi connectivity index (χ4n) is 1.77. The SMILES string of the molecule is Clc1nc(-c2cc(Br)c(Cl)s2)nc(-c2ccccc2)c1I. The molecule has 106 valence electrons. The van der Waals surface area contributed by atoms with Gasteiger partial charge in [0.05, 0.1) is 14.1 Å². The molecule has 2 nitrogen and oxygen atoms in total. The highest BCUT2D eigenvalue weighted by Gasteiger charge is 2.16. The molecule has 0 aliphatic heterocycles. The van der Waals surface area contributed by atoms with Gasteiger partial charge < -0.3 is 0 Å². The molecule has 0 spiro atoms. The van der Waals surface area contributed by atoms with Gasteiger partial charge in [0.15, 0.2) is 5.82 Å². The van der Waals surface area contributed by atoms with Gasteiger partial charge in [-0.25, -0.2) is 9.97 Å². The average molecular weight is 512 g/mol. The lowest BCUT2D eigenvalue weighted by atomic mass is 10.1. The first-order valence-corrected chi connectivity index (χ1v) is 9.24. The van der Waals surface area contributed by atoms with Crippen LogP contribution < -0.4 is 0 Å². The zero-order valence-corrected chi connectivity index (χ0v) is 16.4. The maximum Gasteiger partial charge on any atom is 0.171 e. The standard InChI is InChI=1S/C14H6BrCl2IN2S/c15-8-6-9(21-13(8)17)14-19-11(10(18)12(16)20-14)7-4-2-1-3-5-7/h1-6H. The van der Waals surface area contributed by atoms with Crippen LogP contribution in [0.1, 0.15) is 0 Å². The molecule has 0 N–H and O–H groups in total. The molecule has 0 unspecified atom stereocenters. The van der Waals surface area contributed by atoms with E-state index in [1.807, 2.05) is 36.4 Å². The van der Waals surface area contributed by atoms with Gasteiger partial charge in [0.25, 0.3) is 0 Å². The molecule has 3 aromatic rings. The van der Waals surface area contributed by atoms with E-state index in [1.165, 1.54) is 11.3 Å². The van der Waals surface area contributed by atoms with Gasteiger partial charge in [-0.15, -0.1) is 11.3 Å². The predicted molar refractivity (Wildman–Crippen MR) is 101 cm³/mol. The number of aromatic nitrogens is 2. The maximum atomic E-state index is 6.27. The smallest absolute Gasteiger partial charge is 0.171 e. The summed E-state index contributed by atoms with van der Waals surface area (Å²) < 4.78 is 2.35. The molecular formula is C14H6BrCl2IN2S. The third kappa shape index (κ3) is 3.27. The van der Waals surface area contributed by atoms with Gasteiger partial charge >= 0.3 is 0 Å². The highest BCUT2D eigenvalue weighted by atomic mass is 127. The summed E-state index contributed by atoms with van der Waals surface area (Å²) in [6, 6.07) is 11.8. The van der Waals surface area contributed by atoms with Crippen molar-refractivity contribution in [1.82, 2.24) is 9.97 Å². The predicted octanol–water partition coefficient (Wildman–Crippen LogP) is 6.55. The van der Waals surface area contributed by atoms with E-state index in [0.29, 0.717) is 15.3 Å². The fourth-order valence-corrected chi connectivity index (χ4v) is 4.13. The number of hydrogen-bond acceptors (Lipinski definition) is 3. The van der Waals surface area contributed by atoms with Crippen molar-refractivity contribution in [3.05, 3.63) is 53.9 Å². The van der Waals surface area contributed by atoms with E-state index >= 15 is 0 Å². The Morgan fingerprint density at radius 2 is 1.81 bits per heavy atom. The molecular weight excluding hydrogens is 506 g/mol. The Morgan fingerprint density at radius 1 is 1.10 bits per heavy atom. The van der Waals surface area contributed by atoms with E-state index in [4.69, 9.17) is 23.2 Å². The van der Waals surface area contributed by atoms with Gasteiger partial charge in [-0.05, 0) is 44.6 Å². The second kappa shape index (κ2) is 6.50. The quantitative estimate of drug-likeness (QED) is 0.288. The van der Waals surface area contributed by atoms with Gasteiger partial charge in [0.2, 0.25) is 0 Å². The molecule has 0 aliphatic rings. The zero-order valence-electron chi connectivity index (χ0n) is 10.3. The van der Waals surface area contributed by atoms with Crippen LogP contribution >= 0.6 is 73.1 Å². The largest absolute Gasteiger partial charge is 0.226 e. The molecule has 3 rings (SSSR count). The van der Waals surface area contributed by atoms with Gasteiger partial charge in [0, 0.05) is 10.0 Å². The van der Waals surface area contributed by atoms with Crippen LogP contribution in [0.3, 0.4) is 0 Å². The third-order valence-corrected chi connectivity index (χ3v) is 6.81. The number of rotatable bonds is 2. The summed E-state index contributed by atoms with van der Waals surface area (Å²) in [4.78, 5) is 9.89. The molecule has 0 bridgehead atoms. The van der Waals surface area contributed by atoms with Crippen LogP contribution in [-0.2, 0) is 0 Å². The topological polar surface area (TPSA) is 25.8 Å². The van der Waals surface area contributed by atoms with Gasteiger partial charge in [-0.3, -0.25) is 0 Å². The number of thiophene rings is 1. The van der Waals surface area contributed by atoms with E-state index < -0.39 is 0 Å².